The minimum absolute atomic E-state index is 0.0173. The molecule has 0 atom stereocenters. The van der Waals surface area contributed by atoms with Crippen LogP contribution in [0.1, 0.15) is 54.4 Å². The molecule has 4 rings (SSSR count). The maximum absolute atomic E-state index is 13.1. The number of fused-ring (bicyclic) bond motifs is 1. The Hall–Kier alpha value is -2.88. The van der Waals surface area contributed by atoms with Crippen molar-refractivity contribution in [1.29, 1.82) is 0 Å². The van der Waals surface area contributed by atoms with Crippen LogP contribution in [0.3, 0.4) is 0 Å². The number of carbonyl (C=O) groups excluding carboxylic acids is 1. The van der Waals surface area contributed by atoms with Gasteiger partial charge in [0.05, 0.1) is 12.3 Å². The number of ether oxygens (including phenoxy) is 1. The molecule has 0 fully saturated rings. The number of aromatic nitrogens is 2. The summed E-state index contributed by atoms with van der Waals surface area (Å²) in [6.45, 7) is 6.94. The second-order valence-electron chi connectivity index (χ2n) is 8.27. The van der Waals surface area contributed by atoms with E-state index in [4.69, 9.17) is 4.74 Å². The van der Waals surface area contributed by atoms with Crippen molar-refractivity contribution < 1.29 is 9.53 Å². The molecule has 0 radical (unpaired) electrons. The van der Waals surface area contributed by atoms with E-state index in [2.05, 4.69) is 35.9 Å². The van der Waals surface area contributed by atoms with Crippen molar-refractivity contribution in [2.75, 3.05) is 6.61 Å². The van der Waals surface area contributed by atoms with Gasteiger partial charge in [-0.15, -0.1) is 0 Å². The summed E-state index contributed by atoms with van der Waals surface area (Å²) >= 11 is 0. The summed E-state index contributed by atoms with van der Waals surface area (Å²) in [5.41, 5.74) is 6.23. The molecule has 2 heterocycles. The lowest BCUT2D eigenvalue weighted by atomic mass is 9.75. The zero-order chi connectivity index (χ0) is 19.7. The summed E-state index contributed by atoms with van der Waals surface area (Å²) in [6.07, 6.45) is 5.74. The fourth-order valence-corrected chi connectivity index (χ4v) is 4.19. The van der Waals surface area contributed by atoms with Crippen LogP contribution < -0.4 is 4.74 Å². The molecule has 4 heteroatoms. The lowest BCUT2D eigenvalue weighted by Gasteiger charge is -2.28. The predicted molar refractivity (Wildman–Crippen MR) is 111 cm³/mol. The van der Waals surface area contributed by atoms with Crippen molar-refractivity contribution in [3.63, 3.8) is 0 Å². The van der Waals surface area contributed by atoms with Gasteiger partial charge in [-0.05, 0) is 54.2 Å². The number of pyridine rings is 1. The molecule has 1 N–H and O–H groups in total. The third kappa shape index (κ3) is 3.59. The van der Waals surface area contributed by atoms with Crippen molar-refractivity contribution >= 4 is 5.78 Å². The average Bonchev–Trinajstić information content (AvgIpc) is 3.00. The lowest BCUT2D eigenvalue weighted by Crippen LogP contribution is -2.27. The van der Waals surface area contributed by atoms with Crippen LogP contribution in [0.5, 0.6) is 5.75 Å². The van der Waals surface area contributed by atoms with Gasteiger partial charge in [0, 0.05) is 42.1 Å². The van der Waals surface area contributed by atoms with Crippen LogP contribution in [0.2, 0.25) is 0 Å². The number of nitrogens with one attached hydrogen (secondary N) is 1. The molecule has 0 spiro atoms. The summed E-state index contributed by atoms with van der Waals surface area (Å²) < 4.78 is 5.66. The Morgan fingerprint density at radius 1 is 1.14 bits per heavy atom. The summed E-state index contributed by atoms with van der Waals surface area (Å²) in [6, 6.07) is 12.1. The quantitative estimate of drug-likeness (QED) is 0.666. The van der Waals surface area contributed by atoms with Gasteiger partial charge in [0.25, 0.3) is 0 Å². The molecule has 144 valence electrons. The van der Waals surface area contributed by atoms with Crippen LogP contribution >= 0.6 is 0 Å². The van der Waals surface area contributed by atoms with Crippen LogP contribution in [0.25, 0.3) is 11.3 Å². The van der Waals surface area contributed by atoms with Crippen LogP contribution in [0.15, 0.2) is 48.8 Å². The van der Waals surface area contributed by atoms with Crippen molar-refractivity contribution in [2.24, 2.45) is 5.41 Å². The molecule has 0 unspecified atom stereocenters. The number of ketones is 1. The topological polar surface area (TPSA) is 55.0 Å². The maximum Gasteiger partial charge on any atom is 0.165 e. The second kappa shape index (κ2) is 7.27. The maximum atomic E-state index is 13.1. The molecule has 0 saturated heterocycles. The Labute approximate surface area is 166 Å². The lowest BCUT2D eigenvalue weighted by molar-refractivity contribution is 0.0911. The van der Waals surface area contributed by atoms with E-state index < -0.39 is 0 Å². The fraction of sp³-hybridized carbons (Fsp3) is 0.333. The molecule has 0 bridgehead atoms. The molecular formula is C24H26N2O2. The third-order valence-electron chi connectivity index (χ3n) is 5.31. The Balaban J connectivity index is 1.82. The highest BCUT2D eigenvalue weighted by molar-refractivity contribution is 6.02. The SMILES string of the molecule is CCOc1cccc(Cc2c(-c3ccncc3)[nH]c3c2C(=O)CC(C)(C)C3)c1. The predicted octanol–water partition coefficient (Wildman–Crippen LogP) is 5.22. The minimum atomic E-state index is -0.0173. The van der Waals surface area contributed by atoms with Crippen molar-refractivity contribution in [3.8, 4) is 17.0 Å². The first-order chi connectivity index (χ1) is 13.5. The number of H-pyrrole nitrogens is 1. The van der Waals surface area contributed by atoms with E-state index in [1.807, 2.05) is 31.2 Å². The Morgan fingerprint density at radius 2 is 1.93 bits per heavy atom. The largest absolute Gasteiger partial charge is 0.494 e. The van der Waals surface area contributed by atoms with E-state index >= 15 is 0 Å². The molecule has 4 nitrogen and oxygen atoms in total. The Morgan fingerprint density at radius 3 is 2.68 bits per heavy atom. The summed E-state index contributed by atoms with van der Waals surface area (Å²) in [7, 11) is 0. The standard InChI is InChI=1S/C24H26N2O2/c1-4-28-18-7-5-6-16(12-18)13-19-22-20(14-24(2,3)15-21(22)27)26-23(19)17-8-10-25-11-9-17/h5-12,26H,4,13-15H2,1-3H3. The van der Waals surface area contributed by atoms with Gasteiger partial charge in [-0.25, -0.2) is 0 Å². The molecule has 3 aromatic rings. The van der Waals surface area contributed by atoms with E-state index in [0.29, 0.717) is 19.4 Å². The van der Waals surface area contributed by atoms with E-state index in [0.717, 1.165) is 45.8 Å². The van der Waals surface area contributed by atoms with Crippen LogP contribution in [-0.2, 0) is 12.8 Å². The minimum Gasteiger partial charge on any atom is -0.494 e. The molecule has 0 saturated carbocycles. The number of rotatable bonds is 5. The highest BCUT2D eigenvalue weighted by Gasteiger charge is 2.35. The van der Waals surface area contributed by atoms with E-state index in [-0.39, 0.29) is 11.2 Å². The van der Waals surface area contributed by atoms with E-state index in [1.165, 1.54) is 0 Å². The van der Waals surface area contributed by atoms with E-state index in [1.54, 1.807) is 12.4 Å². The van der Waals surface area contributed by atoms with Crippen molar-refractivity contribution in [1.82, 2.24) is 9.97 Å². The van der Waals surface area contributed by atoms with E-state index in [9.17, 15) is 4.79 Å². The summed E-state index contributed by atoms with van der Waals surface area (Å²) in [5.74, 6) is 1.10. The van der Waals surface area contributed by atoms with Gasteiger partial charge >= 0.3 is 0 Å². The molecule has 1 aliphatic rings. The van der Waals surface area contributed by atoms with Gasteiger partial charge in [-0.3, -0.25) is 9.78 Å². The summed E-state index contributed by atoms with van der Waals surface area (Å²) in [4.78, 5) is 20.8. The number of aromatic amines is 1. The zero-order valence-electron chi connectivity index (χ0n) is 16.7. The normalized spacial score (nSPS) is 15.3. The molecule has 0 aliphatic heterocycles. The number of benzene rings is 1. The van der Waals surface area contributed by atoms with Crippen LogP contribution in [0.4, 0.5) is 0 Å². The molecule has 0 amide bonds. The first kappa shape index (κ1) is 18.5. The second-order valence-corrected chi connectivity index (χ2v) is 8.27. The van der Waals surface area contributed by atoms with Gasteiger partial charge < -0.3 is 9.72 Å². The first-order valence-corrected chi connectivity index (χ1v) is 9.86. The van der Waals surface area contributed by atoms with Gasteiger partial charge in [0.1, 0.15) is 5.75 Å². The smallest absolute Gasteiger partial charge is 0.165 e. The number of Topliss-reactive ketones (excluding diaryl/α,β-unsaturated/α-hetero) is 1. The highest BCUT2D eigenvalue weighted by atomic mass is 16.5. The van der Waals surface area contributed by atoms with Crippen LogP contribution in [0, 0.1) is 5.41 Å². The molecular weight excluding hydrogens is 348 g/mol. The molecule has 1 aliphatic carbocycles. The molecule has 2 aromatic heterocycles. The molecule has 1 aromatic carbocycles. The monoisotopic (exact) mass is 374 g/mol. The van der Waals surface area contributed by atoms with Crippen molar-refractivity contribution in [2.45, 2.75) is 40.0 Å². The average molecular weight is 374 g/mol. The number of carbonyl (C=O) groups is 1. The van der Waals surface area contributed by atoms with Crippen LogP contribution in [-0.4, -0.2) is 22.4 Å². The first-order valence-electron chi connectivity index (χ1n) is 9.86. The number of hydrogen-bond donors (Lipinski definition) is 1. The van der Waals surface area contributed by atoms with Gasteiger partial charge in [0.2, 0.25) is 0 Å². The van der Waals surface area contributed by atoms with Crippen molar-refractivity contribution in [3.05, 3.63) is 71.2 Å². The Kier molecular flexibility index (Phi) is 4.80. The highest BCUT2D eigenvalue weighted by Crippen LogP contribution is 2.40. The third-order valence-corrected chi connectivity index (χ3v) is 5.31. The van der Waals surface area contributed by atoms with Gasteiger partial charge in [-0.1, -0.05) is 26.0 Å². The molecule has 28 heavy (non-hydrogen) atoms. The van der Waals surface area contributed by atoms with Gasteiger partial charge in [-0.2, -0.15) is 0 Å². The Bertz CT molecular complexity index is 1000. The fourth-order valence-electron chi connectivity index (χ4n) is 4.19. The number of hydrogen-bond acceptors (Lipinski definition) is 3. The zero-order valence-corrected chi connectivity index (χ0v) is 16.7. The summed E-state index contributed by atoms with van der Waals surface area (Å²) in [5, 5.41) is 0. The number of nitrogens with zero attached hydrogens (tertiary/aromatic N) is 1. The van der Waals surface area contributed by atoms with Gasteiger partial charge in [0.15, 0.2) is 5.78 Å².